The van der Waals surface area contributed by atoms with E-state index in [-0.39, 0.29) is 18.2 Å². The van der Waals surface area contributed by atoms with E-state index in [1.165, 1.54) is 12.3 Å². The Hall–Kier alpha value is -2.66. The Labute approximate surface area is 142 Å². The molecule has 3 N–H and O–H groups in total. The Morgan fingerprint density at radius 2 is 2.24 bits per heavy atom. The maximum absolute atomic E-state index is 12.1. The van der Waals surface area contributed by atoms with Gasteiger partial charge in [0.25, 0.3) is 0 Å². The summed E-state index contributed by atoms with van der Waals surface area (Å²) in [6.45, 7) is 2.85. The molecular weight excluding hydrogens is 338 g/mol. The Morgan fingerprint density at radius 1 is 1.52 bits per heavy atom. The number of nitrogens with zero attached hydrogens (tertiary/aromatic N) is 2. The first-order valence-electron chi connectivity index (χ1n) is 7.53. The largest absolute Gasteiger partial charge is 0.506 e. The number of ether oxygens (including phenoxy) is 2. The van der Waals surface area contributed by atoms with E-state index >= 15 is 0 Å². The predicted molar refractivity (Wildman–Crippen MR) is 81.6 cm³/mol. The van der Waals surface area contributed by atoms with Crippen LogP contribution in [-0.4, -0.2) is 50.7 Å². The number of carbonyl (C=O) groups excluding carboxylic acids is 1. The van der Waals surface area contributed by atoms with Crippen molar-refractivity contribution in [2.75, 3.05) is 12.1 Å². The molecule has 1 aromatic heterocycles. The molecule has 1 fully saturated rings. The third-order valence-corrected chi connectivity index (χ3v) is 3.48. The van der Waals surface area contributed by atoms with Crippen LogP contribution < -0.4 is 11.2 Å². The van der Waals surface area contributed by atoms with Crippen LogP contribution in [0, 0.1) is 5.92 Å². The van der Waals surface area contributed by atoms with E-state index in [1.54, 1.807) is 13.8 Å². The highest BCUT2D eigenvalue weighted by Gasteiger charge is 2.39. The minimum absolute atomic E-state index is 0.0327. The molecule has 2 heterocycles. The lowest BCUT2D eigenvalue weighted by Crippen LogP contribution is -2.29. The van der Waals surface area contributed by atoms with Gasteiger partial charge >= 0.3 is 17.8 Å². The maximum Gasteiger partial charge on any atom is 0.506 e. The first kappa shape index (κ1) is 18.7. The minimum Gasteiger partial charge on any atom is -0.450 e. The van der Waals surface area contributed by atoms with Crippen LogP contribution >= 0.6 is 0 Å². The SMILES string of the molecule is CC(C)C(=O)ONc1ccn([C@H]2C[C@H](OC(=O)O)C(CO)O2)c(=O)n1. The molecule has 1 unspecified atom stereocenters. The molecule has 1 aliphatic heterocycles. The third kappa shape index (κ3) is 4.67. The normalized spacial score (nSPS) is 22.6. The smallest absolute Gasteiger partial charge is 0.450 e. The predicted octanol–water partition coefficient (Wildman–Crippen LogP) is 0.112. The number of nitrogens with one attached hydrogen (secondary N) is 1. The van der Waals surface area contributed by atoms with Crippen molar-refractivity contribution in [3.05, 3.63) is 22.7 Å². The molecule has 11 nitrogen and oxygen atoms in total. The second kappa shape index (κ2) is 7.94. The van der Waals surface area contributed by atoms with Gasteiger partial charge in [-0.15, -0.1) is 0 Å². The standard InChI is InChI=1S/C14H19N3O8/c1-7(2)12(19)25-16-10-3-4-17(13(20)15-10)11-5-8(24-14(21)22)9(6-18)23-11/h3-4,7-9,11,18H,5-6H2,1-2H3,(H,21,22)(H,15,16,20)/t8-,9?,11+/m0/s1. The van der Waals surface area contributed by atoms with Gasteiger partial charge in [-0.05, 0) is 0 Å². The summed E-state index contributed by atoms with van der Waals surface area (Å²) < 4.78 is 11.2. The molecular formula is C14H19N3O8. The van der Waals surface area contributed by atoms with E-state index in [4.69, 9.17) is 14.7 Å². The van der Waals surface area contributed by atoms with Gasteiger partial charge in [-0.25, -0.2) is 19.9 Å². The molecule has 1 aromatic rings. The lowest BCUT2D eigenvalue weighted by Gasteiger charge is -2.15. The van der Waals surface area contributed by atoms with Crippen molar-refractivity contribution in [3.8, 4) is 0 Å². The zero-order valence-electron chi connectivity index (χ0n) is 13.6. The van der Waals surface area contributed by atoms with E-state index in [2.05, 4.69) is 15.2 Å². The Bertz CT molecular complexity index is 689. The summed E-state index contributed by atoms with van der Waals surface area (Å²) in [5.74, 6) is -0.823. The van der Waals surface area contributed by atoms with Crippen molar-refractivity contribution >= 4 is 17.9 Å². The number of hydrogen-bond acceptors (Lipinski definition) is 9. The summed E-state index contributed by atoms with van der Waals surface area (Å²) in [6.07, 6.45) is -2.71. The van der Waals surface area contributed by atoms with E-state index < -0.39 is 42.9 Å². The van der Waals surface area contributed by atoms with Gasteiger partial charge < -0.3 is 24.5 Å². The Morgan fingerprint density at radius 3 is 2.80 bits per heavy atom. The van der Waals surface area contributed by atoms with Crippen molar-refractivity contribution in [2.45, 2.75) is 38.7 Å². The molecule has 0 radical (unpaired) electrons. The van der Waals surface area contributed by atoms with Crippen LogP contribution in [0.15, 0.2) is 17.1 Å². The highest BCUT2D eigenvalue weighted by molar-refractivity contribution is 5.72. The number of carbonyl (C=O) groups is 2. The summed E-state index contributed by atoms with van der Waals surface area (Å²) in [5, 5.41) is 17.9. The van der Waals surface area contributed by atoms with E-state index in [9.17, 15) is 19.5 Å². The summed E-state index contributed by atoms with van der Waals surface area (Å²) in [4.78, 5) is 42.6. The molecule has 0 aromatic carbocycles. The molecule has 1 aliphatic rings. The minimum atomic E-state index is -1.50. The number of aromatic nitrogens is 2. The third-order valence-electron chi connectivity index (χ3n) is 3.48. The molecule has 2 rings (SSSR count). The van der Waals surface area contributed by atoms with Gasteiger partial charge in [-0.2, -0.15) is 4.98 Å². The van der Waals surface area contributed by atoms with Gasteiger partial charge in [0, 0.05) is 18.7 Å². The summed E-state index contributed by atoms with van der Waals surface area (Å²) in [6, 6.07) is 1.39. The quantitative estimate of drug-likeness (QED) is 0.473. The van der Waals surface area contributed by atoms with Crippen molar-refractivity contribution < 1.29 is 34.1 Å². The number of anilines is 1. The summed E-state index contributed by atoms with van der Waals surface area (Å²) >= 11 is 0. The Kier molecular flexibility index (Phi) is 5.93. The van der Waals surface area contributed by atoms with Crippen LogP contribution in [0.1, 0.15) is 26.5 Å². The summed E-state index contributed by atoms with van der Waals surface area (Å²) in [7, 11) is 0. The monoisotopic (exact) mass is 357 g/mol. The highest BCUT2D eigenvalue weighted by atomic mass is 16.7. The van der Waals surface area contributed by atoms with Crippen molar-refractivity contribution in [3.63, 3.8) is 0 Å². The van der Waals surface area contributed by atoms with Crippen molar-refractivity contribution in [2.24, 2.45) is 5.92 Å². The second-order valence-electron chi connectivity index (χ2n) is 5.65. The first-order valence-corrected chi connectivity index (χ1v) is 7.53. The lowest BCUT2D eigenvalue weighted by atomic mass is 10.2. The van der Waals surface area contributed by atoms with Crippen molar-refractivity contribution in [1.82, 2.24) is 9.55 Å². The van der Waals surface area contributed by atoms with E-state index in [0.717, 1.165) is 4.57 Å². The second-order valence-corrected chi connectivity index (χ2v) is 5.65. The van der Waals surface area contributed by atoms with E-state index in [0.29, 0.717) is 0 Å². The van der Waals surface area contributed by atoms with E-state index in [1.807, 2.05) is 0 Å². The fraction of sp³-hybridized carbons (Fsp3) is 0.571. The van der Waals surface area contributed by atoms with Crippen LogP contribution in [0.25, 0.3) is 0 Å². The molecule has 1 saturated heterocycles. The zero-order valence-corrected chi connectivity index (χ0v) is 13.6. The summed E-state index contributed by atoms with van der Waals surface area (Å²) in [5.41, 5.74) is 1.58. The molecule has 0 aliphatic carbocycles. The van der Waals surface area contributed by atoms with Gasteiger partial charge in [-0.3, -0.25) is 4.57 Å². The topological polar surface area (TPSA) is 149 Å². The average Bonchev–Trinajstić information content (AvgIpc) is 2.94. The number of hydrogen-bond donors (Lipinski definition) is 3. The molecule has 0 spiro atoms. The average molecular weight is 357 g/mol. The molecule has 138 valence electrons. The number of rotatable bonds is 6. The molecule has 11 heteroatoms. The molecule has 0 bridgehead atoms. The lowest BCUT2D eigenvalue weighted by molar-refractivity contribution is -0.144. The number of carboxylic acid groups (broad SMARTS) is 1. The van der Waals surface area contributed by atoms with Gasteiger partial charge in [-0.1, -0.05) is 13.8 Å². The van der Waals surface area contributed by atoms with Gasteiger partial charge in [0.15, 0.2) is 5.82 Å². The van der Waals surface area contributed by atoms with Gasteiger partial charge in [0.05, 0.1) is 12.5 Å². The molecule has 3 atom stereocenters. The van der Waals surface area contributed by atoms with Crippen LogP contribution in [0.4, 0.5) is 10.6 Å². The van der Waals surface area contributed by atoms with Crippen LogP contribution in [0.2, 0.25) is 0 Å². The van der Waals surface area contributed by atoms with Gasteiger partial charge in [0.1, 0.15) is 18.4 Å². The molecule has 25 heavy (non-hydrogen) atoms. The van der Waals surface area contributed by atoms with Crippen LogP contribution in [-0.2, 0) is 19.1 Å². The number of aliphatic hydroxyl groups excluding tert-OH is 1. The fourth-order valence-corrected chi connectivity index (χ4v) is 2.20. The zero-order chi connectivity index (χ0) is 18.6. The highest BCUT2D eigenvalue weighted by Crippen LogP contribution is 2.29. The van der Waals surface area contributed by atoms with Crippen LogP contribution in [0.5, 0.6) is 0 Å². The number of aliphatic hydroxyl groups is 1. The maximum atomic E-state index is 12.1. The van der Waals surface area contributed by atoms with Crippen molar-refractivity contribution in [1.29, 1.82) is 0 Å². The van der Waals surface area contributed by atoms with Crippen LogP contribution in [0.3, 0.4) is 0 Å². The van der Waals surface area contributed by atoms with Gasteiger partial charge in [0.2, 0.25) is 0 Å². The fourth-order valence-electron chi connectivity index (χ4n) is 2.20. The Balaban J connectivity index is 2.07. The first-order chi connectivity index (χ1) is 11.8. The molecule has 0 saturated carbocycles. The molecule has 0 amide bonds.